The fourth-order valence-corrected chi connectivity index (χ4v) is 3.07. The molecule has 0 fully saturated rings. The van der Waals surface area contributed by atoms with Crippen LogP contribution < -0.4 is 5.73 Å². The zero-order valence-corrected chi connectivity index (χ0v) is 11.1. The van der Waals surface area contributed by atoms with Crippen molar-refractivity contribution in [2.24, 2.45) is 5.73 Å². The van der Waals surface area contributed by atoms with Gasteiger partial charge in [-0.3, -0.25) is 0 Å². The molecule has 15 heavy (non-hydrogen) atoms. The summed E-state index contributed by atoms with van der Waals surface area (Å²) in [5.74, 6) is 0.863. The lowest BCUT2D eigenvalue weighted by molar-refractivity contribution is 0.530. The van der Waals surface area contributed by atoms with Gasteiger partial charge in [-0.15, -0.1) is 11.3 Å². The SMILES string of the molecule is Cc1cc(C(N)c2cc(Br)c(Cl)s2)co1. The van der Waals surface area contributed by atoms with Crippen LogP contribution in [0.4, 0.5) is 0 Å². The first kappa shape index (κ1) is 11.2. The van der Waals surface area contributed by atoms with Crippen molar-refractivity contribution in [3.05, 3.63) is 43.4 Å². The summed E-state index contributed by atoms with van der Waals surface area (Å²) < 4.78 is 6.84. The Hall–Kier alpha value is -0.290. The molecular formula is C10H9BrClNOS. The van der Waals surface area contributed by atoms with Crippen LogP contribution in [0.1, 0.15) is 22.2 Å². The largest absolute Gasteiger partial charge is 0.469 e. The molecule has 1 atom stereocenters. The van der Waals surface area contributed by atoms with Crippen LogP contribution in [0.5, 0.6) is 0 Å². The van der Waals surface area contributed by atoms with Crippen LogP contribution in [-0.4, -0.2) is 0 Å². The standard InChI is InChI=1S/C10H9BrClNOS/c1-5-2-6(4-14-5)9(13)8-3-7(11)10(12)15-8/h2-4,9H,13H2,1H3. The number of hydrogen-bond donors (Lipinski definition) is 1. The molecule has 0 aliphatic heterocycles. The van der Waals surface area contributed by atoms with Gasteiger partial charge >= 0.3 is 0 Å². The highest BCUT2D eigenvalue weighted by Crippen LogP contribution is 2.36. The quantitative estimate of drug-likeness (QED) is 0.906. The Morgan fingerprint density at radius 1 is 1.53 bits per heavy atom. The fourth-order valence-electron chi connectivity index (χ4n) is 1.31. The summed E-state index contributed by atoms with van der Waals surface area (Å²) in [5, 5.41) is 0. The van der Waals surface area contributed by atoms with Crippen LogP contribution in [0.15, 0.2) is 27.3 Å². The van der Waals surface area contributed by atoms with E-state index in [1.54, 1.807) is 6.26 Å². The van der Waals surface area contributed by atoms with Crippen molar-refractivity contribution in [1.29, 1.82) is 0 Å². The van der Waals surface area contributed by atoms with E-state index in [2.05, 4.69) is 15.9 Å². The first-order chi connectivity index (χ1) is 7.08. The third kappa shape index (κ3) is 2.28. The molecule has 0 bridgehead atoms. The zero-order chi connectivity index (χ0) is 11.0. The van der Waals surface area contributed by atoms with Gasteiger partial charge in [-0.05, 0) is 35.0 Å². The van der Waals surface area contributed by atoms with E-state index in [0.717, 1.165) is 25.0 Å². The number of halogens is 2. The van der Waals surface area contributed by atoms with Crippen LogP contribution in [0, 0.1) is 6.92 Å². The first-order valence-electron chi connectivity index (χ1n) is 4.33. The van der Waals surface area contributed by atoms with Crippen molar-refractivity contribution in [1.82, 2.24) is 0 Å². The highest BCUT2D eigenvalue weighted by atomic mass is 79.9. The molecule has 2 rings (SSSR count). The van der Waals surface area contributed by atoms with E-state index >= 15 is 0 Å². The molecule has 2 aromatic heterocycles. The van der Waals surface area contributed by atoms with Gasteiger partial charge in [0.25, 0.3) is 0 Å². The average molecular weight is 307 g/mol. The molecule has 0 amide bonds. The third-order valence-corrected chi connectivity index (χ3v) is 4.64. The lowest BCUT2D eigenvalue weighted by Crippen LogP contribution is -2.08. The number of furan rings is 1. The maximum absolute atomic E-state index is 6.08. The number of thiophene rings is 1. The van der Waals surface area contributed by atoms with E-state index in [4.69, 9.17) is 21.8 Å². The van der Waals surface area contributed by atoms with Gasteiger partial charge in [-0.2, -0.15) is 0 Å². The van der Waals surface area contributed by atoms with Gasteiger partial charge in [0.2, 0.25) is 0 Å². The van der Waals surface area contributed by atoms with Crippen LogP contribution in [0.3, 0.4) is 0 Å². The van der Waals surface area contributed by atoms with Gasteiger partial charge in [-0.1, -0.05) is 11.6 Å². The summed E-state index contributed by atoms with van der Waals surface area (Å²) in [7, 11) is 0. The third-order valence-electron chi connectivity index (χ3n) is 2.08. The molecule has 0 radical (unpaired) electrons. The van der Waals surface area contributed by atoms with Crippen LogP contribution in [-0.2, 0) is 0 Å². The molecule has 0 aliphatic carbocycles. The number of nitrogens with two attached hydrogens (primary N) is 1. The molecule has 5 heteroatoms. The van der Waals surface area contributed by atoms with Crippen molar-refractivity contribution in [2.75, 3.05) is 0 Å². The predicted octanol–water partition coefficient (Wildman–Crippen LogP) is 4.11. The van der Waals surface area contributed by atoms with Crippen molar-refractivity contribution >= 4 is 38.9 Å². The van der Waals surface area contributed by atoms with Crippen LogP contribution in [0.25, 0.3) is 0 Å². The highest BCUT2D eigenvalue weighted by molar-refractivity contribution is 9.10. The lowest BCUT2D eigenvalue weighted by Gasteiger charge is -2.04. The van der Waals surface area contributed by atoms with Gasteiger partial charge < -0.3 is 10.2 Å². The topological polar surface area (TPSA) is 39.2 Å². The first-order valence-corrected chi connectivity index (χ1v) is 6.32. The Bertz CT molecular complexity index is 460. The van der Waals surface area contributed by atoms with E-state index in [0.29, 0.717) is 0 Å². The molecular weight excluding hydrogens is 298 g/mol. The summed E-state index contributed by atoms with van der Waals surface area (Å²) in [6.07, 6.45) is 1.68. The Labute approximate surface area is 105 Å². The number of hydrogen-bond acceptors (Lipinski definition) is 3. The maximum Gasteiger partial charge on any atom is 0.107 e. The van der Waals surface area contributed by atoms with E-state index in [-0.39, 0.29) is 6.04 Å². The predicted molar refractivity (Wildman–Crippen MR) is 66.5 cm³/mol. The van der Waals surface area contributed by atoms with E-state index in [1.807, 2.05) is 19.1 Å². The van der Waals surface area contributed by atoms with E-state index in [1.165, 1.54) is 11.3 Å². The molecule has 0 aliphatic rings. The number of aryl methyl sites for hydroxylation is 1. The Kier molecular flexibility index (Phi) is 3.21. The molecule has 0 saturated heterocycles. The molecule has 2 nitrogen and oxygen atoms in total. The second-order valence-electron chi connectivity index (χ2n) is 3.24. The molecule has 2 aromatic rings. The molecule has 0 saturated carbocycles. The number of rotatable bonds is 2. The second kappa shape index (κ2) is 4.29. The van der Waals surface area contributed by atoms with Crippen LogP contribution >= 0.6 is 38.9 Å². The normalized spacial score (nSPS) is 13.1. The van der Waals surface area contributed by atoms with Gasteiger partial charge in [0.15, 0.2) is 0 Å². The Balaban J connectivity index is 2.31. The minimum absolute atomic E-state index is 0.170. The van der Waals surface area contributed by atoms with Gasteiger partial charge in [0.05, 0.1) is 12.3 Å². The summed E-state index contributed by atoms with van der Waals surface area (Å²) >= 11 is 10.8. The van der Waals surface area contributed by atoms with Crippen molar-refractivity contribution < 1.29 is 4.42 Å². The van der Waals surface area contributed by atoms with Crippen LogP contribution in [0.2, 0.25) is 4.34 Å². The lowest BCUT2D eigenvalue weighted by atomic mass is 10.1. The smallest absolute Gasteiger partial charge is 0.107 e. The van der Waals surface area contributed by atoms with Crippen molar-refractivity contribution in [2.45, 2.75) is 13.0 Å². The monoisotopic (exact) mass is 305 g/mol. The second-order valence-corrected chi connectivity index (χ2v) is 5.78. The summed E-state index contributed by atoms with van der Waals surface area (Å²) in [6.45, 7) is 1.90. The summed E-state index contributed by atoms with van der Waals surface area (Å²) in [5.41, 5.74) is 7.05. The fraction of sp³-hybridized carbons (Fsp3) is 0.200. The highest BCUT2D eigenvalue weighted by Gasteiger charge is 2.15. The van der Waals surface area contributed by atoms with Gasteiger partial charge in [0.1, 0.15) is 10.1 Å². The Morgan fingerprint density at radius 2 is 2.27 bits per heavy atom. The zero-order valence-electron chi connectivity index (χ0n) is 7.96. The van der Waals surface area contributed by atoms with Gasteiger partial charge in [-0.25, -0.2) is 0 Å². The minimum Gasteiger partial charge on any atom is -0.469 e. The average Bonchev–Trinajstić information content (AvgIpc) is 2.74. The minimum atomic E-state index is -0.170. The Morgan fingerprint density at radius 3 is 2.73 bits per heavy atom. The van der Waals surface area contributed by atoms with Crippen molar-refractivity contribution in [3.8, 4) is 0 Å². The van der Waals surface area contributed by atoms with E-state index in [9.17, 15) is 0 Å². The molecule has 2 heterocycles. The summed E-state index contributed by atoms with van der Waals surface area (Å²) in [4.78, 5) is 1.02. The molecule has 2 N–H and O–H groups in total. The van der Waals surface area contributed by atoms with Crippen molar-refractivity contribution in [3.63, 3.8) is 0 Å². The molecule has 1 unspecified atom stereocenters. The van der Waals surface area contributed by atoms with E-state index < -0.39 is 0 Å². The maximum atomic E-state index is 6.08. The van der Waals surface area contributed by atoms with Gasteiger partial charge in [0, 0.05) is 14.9 Å². The molecule has 0 aromatic carbocycles. The molecule has 0 spiro atoms. The molecule has 80 valence electrons. The summed E-state index contributed by atoms with van der Waals surface area (Å²) in [6, 6.07) is 3.71.